The monoisotopic (exact) mass is 309 g/mol. The van der Waals surface area contributed by atoms with E-state index < -0.39 is 0 Å². The number of carbonyl (C=O) groups excluding carboxylic acids is 1. The molecule has 0 saturated heterocycles. The van der Waals surface area contributed by atoms with Gasteiger partial charge in [-0.1, -0.05) is 38.5 Å². The molecule has 1 aliphatic rings. The summed E-state index contributed by atoms with van der Waals surface area (Å²) in [6.07, 6.45) is 3.48. The first-order valence-electron chi connectivity index (χ1n) is 7.46. The molecule has 1 fully saturated rings. The summed E-state index contributed by atoms with van der Waals surface area (Å²) >= 11 is 1.27. The van der Waals surface area contributed by atoms with Gasteiger partial charge in [-0.25, -0.2) is 4.98 Å². The van der Waals surface area contributed by atoms with Crippen molar-refractivity contribution in [3.05, 3.63) is 22.1 Å². The summed E-state index contributed by atoms with van der Waals surface area (Å²) in [5, 5.41) is 3.62. The molecule has 1 aliphatic carbocycles. The van der Waals surface area contributed by atoms with E-state index in [0.717, 1.165) is 6.42 Å². The minimum absolute atomic E-state index is 0.00936. The van der Waals surface area contributed by atoms with Crippen LogP contribution in [0.2, 0.25) is 0 Å². The Morgan fingerprint density at radius 1 is 1.48 bits per heavy atom. The fourth-order valence-corrected chi connectivity index (χ4v) is 3.52. The molecule has 1 saturated carbocycles. The molecular formula is C15H23N3O2S. The third-order valence-electron chi connectivity index (χ3n) is 4.24. The van der Waals surface area contributed by atoms with Crippen LogP contribution >= 0.6 is 11.8 Å². The molecule has 0 radical (unpaired) electrons. The highest BCUT2D eigenvalue weighted by Gasteiger charge is 2.27. The van der Waals surface area contributed by atoms with Gasteiger partial charge in [-0.2, -0.15) is 0 Å². The number of rotatable bonds is 4. The third kappa shape index (κ3) is 4.59. The molecule has 5 nitrogen and oxygen atoms in total. The predicted octanol–water partition coefficient (Wildman–Crippen LogP) is 2.11. The summed E-state index contributed by atoms with van der Waals surface area (Å²) in [6, 6.07) is 1.71. The zero-order valence-corrected chi connectivity index (χ0v) is 13.6. The maximum Gasteiger partial charge on any atom is 0.251 e. The number of aromatic amines is 1. The summed E-state index contributed by atoms with van der Waals surface area (Å²) in [5.41, 5.74) is 0.483. The third-order valence-corrected chi connectivity index (χ3v) is 5.11. The van der Waals surface area contributed by atoms with Crippen molar-refractivity contribution in [1.82, 2.24) is 15.3 Å². The Bertz CT molecular complexity index is 558. The maximum atomic E-state index is 12.1. The van der Waals surface area contributed by atoms with Gasteiger partial charge in [-0.05, 0) is 25.2 Å². The number of aromatic nitrogens is 2. The molecule has 0 unspecified atom stereocenters. The molecule has 2 rings (SSSR count). The molecule has 0 aromatic carbocycles. The fraction of sp³-hybridized carbons (Fsp3) is 0.667. The molecule has 1 heterocycles. The van der Waals surface area contributed by atoms with Crippen molar-refractivity contribution < 1.29 is 4.79 Å². The Kier molecular flexibility index (Phi) is 5.45. The second-order valence-corrected chi connectivity index (χ2v) is 6.89. The lowest BCUT2D eigenvalue weighted by Gasteiger charge is -2.34. The zero-order valence-electron chi connectivity index (χ0n) is 12.8. The van der Waals surface area contributed by atoms with Crippen molar-refractivity contribution in [2.75, 3.05) is 5.75 Å². The molecule has 0 bridgehead atoms. The minimum atomic E-state index is -0.180. The Morgan fingerprint density at radius 2 is 2.24 bits per heavy atom. The van der Waals surface area contributed by atoms with Crippen molar-refractivity contribution in [3.8, 4) is 0 Å². The van der Waals surface area contributed by atoms with Crippen molar-refractivity contribution in [2.24, 2.45) is 11.8 Å². The topological polar surface area (TPSA) is 74.8 Å². The van der Waals surface area contributed by atoms with Gasteiger partial charge in [0.05, 0.1) is 5.75 Å². The van der Waals surface area contributed by atoms with E-state index in [4.69, 9.17) is 0 Å². The predicted molar refractivity (Wildman–Crippen MR) is 84.4 cm³/mol. The smallest absolute Gasteiger partial charge is 0.251 e. The van der Waals surface area contributed by atoms with E-state index in [0.29, 0.717) is 22.7 Å². The van der Waals surface area contributed by atoms with E-state index in [-0.39, 0.29) is 23.3 Å². The van der Waals surface area contributed by atoms with Gasteiger partial charge < -0.3 is 10.3 Å². The van der Waals surface area contributed by atoms with Crippen LogP contribution in [0.15, 0.2) is 16.0 Å². The number of nitrogens with zero attached hydrogens (tertiary/aromatic N) is 1. The summed E-state index contributed by atoms with van der Waals surface area (Å²) in [4.78, 5) is 30.2. The van der Waals surface area contributed by atoms with E-state index in [2.05, 4.69) is 29.1 Å². The van der Waals surface area contributed by atoms with Crippen LogP contribution in [0.5, 0.6) is 0 Å². The molecule has 3 atom stereocenters. The van der Waals surface area contributed by atoms with Crippen molar-refractivity contribution in [3.63, 3.8) is 0 Å². The van der Waals surface area contributed by atoms with E-state index in [1.54, 1.807) is 6.92 Å². The summed E-state index contributed by atoms with van der Waals surface area (Å²) in [6.45, 7) is 6.23. The van der Waals surface area contributed by atoms with Gasteiger partial charge >= 0.3 is 0 Å². The highest BCUT2D eigenvalue weighted by molar-refractivity contribution is 7.99. The van der Waals surface area contributed by atoms with E-state index in [1.165, 1.54) is 30.7 Å². The molecular weight excluding hydrogens is 286 g/mol. The second kappa shape index (κ2) is 7.11. The van der Waals surface area contributed by atoms with E-state index in [9.17, 15) is 9.59 Å². The Balaban J connectivity index is 1.86. The zero-order chi connectivity index (χ0) is 15.4. The maximum absolute atomic E-state index is 12.1. The van der Waals surface area contributed by atoms with E-state index in [1.807, 2.05) is 0 Å². The van der Waals surface area contributed by atoms with Gasteiger partial charge in [0.15, 0.2) is 5.16 Å². The van der Waals surface area contributed by atoms with Crippen LogP contribution in [-0.2, 0) is 4.79 Å². The number of hydrogen-bond donors (Lipinski definition) is 2. The van der Waals surface area contributed by atoms with Crippen molar-refractivity contribution in [1.29, 1.82) is 0 Å². The Hall–Kier alpha value is -1.30. The molecule has 0 spiro atoms. The van der Waals surface area contributed by atoms with Crippen LogP contribution in [-0.4, -0.2) is 27.7 Å². The molecule has 1 amide bonds. The summed E-state index contributed by atoms with van der Waals surface area (Å²) in [7, 11) is 0. The second-order valence-electron chi connectivity index (χ2n) is 5.92. The lowest BCUT2D eigenvalue weighted by atomic mass is 9.78. The first-order valence-corrected chi connectivity index (χ1v) is 8.44. The number of nitrogens with one attached hydrogen (secondary N) is 2. The highest BCUT2D eigenvalue weighted by Crippen LogP contribution is 2.29. The van der Waals surface area contributed by atoms with Gasteiger partial charge in [0.25, 0.3) is 5.56 Å². The number of H-pyrrole nitrogens is 1. The van der Waals surface area contributed by atoms with Crippen LogP contribution < -0.4 is 10.9 Å². The minimum Gasteiger partial charge on any atom is -0.352 e. The van der Waals surface area contributed by atoms with Crippen LogP contribution in [0, 0.1) is 18.8 Å². The van der Waals surface area contributed by atoms with Gasteiger partial charge in [0.2, 0.25) is 5.91 Å². The number of thioether (sulfide) groups is 1. The number of aryl methyl sites for hydroxylation is 1. The largest absolute Gasteiger partial charge is 0.352 e. The lowest BCUT2D eigenvalue weighted by molar-refractivity contribution is -0.120. The lowest BCUT2D eigenvalue weighted by Crippen LogP contribution is -2.44. The first-order chi connectivity index (χ1) is 9.95. The van der Waals surface area contributed by atoms with Gasteiger partial charge in [0, 0.05) is 17.8 Å². The van der Waals surface area contributed by atoms with Crippen molar-refractivity contribution in [2.45, 2.75) is 51.2 Å². The summed E-state index contributed by atoms with van der Waals surface area (Å²) in [5.74, 6) is 1.47. The Labute approximate surface area is 129 Å². The molecule has 6 heteroatoms. The van der Waals surface area contributed by atoms with Crippen LogP contribution in [0.4, 0.5) is 0 Å². The quantitative estimate of drug-likeness (QED) is 0.660. The van der Waals surface area contributed by atoms with Crippen LogP contribution in [0.25, 0.3) is 0 Å². The molecule has 116 valence electrons. The van der Waals surface area contributed by atoms with Gasteiger partial charge in [0.1, 0.15) is 0 Å². The first kappa shape index (κ1) is 16.1. The van der Waals surface area contributed by atoms with Crippen molar-refractivity contribution >= 4 is 17.7 Å². The number of hydrogen-bond acceptors (Lipinski definition) is 4. The Morgan fingerprint density at radius 3 is 2.95 bits per heavy atom. The SMILES string of the molecule is Cc1cc(=O)[nH]c(SCC(=O)N[C@@H]2CCC[C@H](C)[C@H]2C)n1. The van der Waals surface area contributed by atoms with E-state index >= 15 is 0 Å². The molecule has 0 aliphatic heterocycles. The van der Waals surface area contributed by atoms with Gasteiger partial charge in [-0.3, -0.25) is 9.59 Å². The average molecular weight is 309 g/mol. The highest BCUT2D eigenvalue weighted by atomic mass is 32.2. The molecule has 1 aromatic heterocycles. The van der Waals surface area contributed by atoms with Gasteiger partial charge in [-0.15, -0.1) is 0 Å². The molecule has 1 aromatic rings. The molecule has 2 N–H and O–H groups in total. The number of amides is 1. The number of carbonyl (C=O) groups is 1. The summed E-state index contributed by atoms with van der Waals surface area (Å²) < 4.78 is 0. The molecule has 21 heavy (non-hydrogen) atoms. The fourth-order valence-electron chi connectivity index (χ4n) is 2.79. The normalized spacial score (nSPS) is 25.6. The standard InChI is InChI=1S/C15H23N3O2S/c1-9-5-4-6-12(11(9)3)17-14(20)8-21-15-16-10(2)7-13(19)18-15/h7,9,11-12H,4-6,8H2,1-3H3,(H,17,20)(H,16,18,19)/t9-,11+,12+/m0/s1. The van der Waals surface area contributed by atoms with Crippen LogP contribution in [0.1, 0.15) is 38.8 Å². The van der Waals surface area contributed by atoms with Crippen LogP contribution in [0.3, 0.4) is 0 Å². The average Bonchev–Trinajstić information content (AvgIpc) is 2.41.